The Morgan fingerprint density at radius 1 is 1.47 bits per heavy atom. The van der Waals surface area contributed by atoms with Gasteiger partial charge in [0.2, 0.25) is 0 Å². The van der Waals surface area contributed by atoms with E-state index in [9.17, 15) is 13.2 Å². The van der Waals surface area contributed by atoms with Gasteiger partial charge in [-0.2, -0.15) is 0 Å². The summed E-state index contributed by atoms with van der Waals surface area (Å²) in [6, 6.07) is -0.415. The predicted molar refractivity (Wildman–Crippen MR) is 56.4 cm³/mol. The zero-order valence-corrected chi connectivity index (χ0v) is 9.59. The molecule has 2 saturated heterocycles. The van der Waals surface area contributed by atoms with Crippen LogP contribution in [0, 0.1) is 0 Å². The number of nitrogens with zero attached hydrogens (tertiary/aromatic N) is 1. The highest BCUT2D eigenvalue weighted by Crippen LogP contribution is 2.24. The lowest BCUT2D eigenvalue weighted by Crippen LogP contribution is -2.37. The first-order chi connectivity index (χ1) is 7.03. The summed E-state index contributed by atoms with van der Waals surface area (Å²) < 4.78 is 22.8. The highest BCUT2D eigenvalue weighted by molar-refractivity contribution is 7.91. The van der Waals surface area contributed by atoms with Gasteiger partial charge in [0.05, 0.1) is 23.6 Å². The van der Waals surface area contributed by atoms with Crippen molar-refractivity contribution in [1.82, 2.24) is 10.2 Å². The lowest BCUT2D eigenvalue weighted by atomic mass is 10.2. The maximum Gasteiger partial charge on any atom is 0.318 e. The Morgan fingerprint density at radius 2 is 2.20 bits per heavy atom. The third kappa shape index (κ3) is 1.95. The average molecular weight is 232 g/mol. The molecule has 0 aliphatic carbocycles. The quantitative estimate of drug-likeness (QED) is 0.695. The van der Waals surface area contributed by atoms with Crippen molar-refractivity contribution in [2.75, 3.05) is 18.1 Å². The molecule has 5 nitrogen and oxygen atoms in total. The van der Waals surface area contributed by atoms with Crippen LogP contribution in [0.15, 0.2) is 0 Å². The lowest BCUT2D eigenvalue weighted by molar-refractivity contribution is 0.206. The van der Waals surface area contributed by atoms with Crippen LogP contribution in [-0.4, -0.2) is 49.5 Å². The standard InChI is InChI=1S/C9H16N2O3S/c1-2-3-4-11-8-6-15(13,14)5-7(8)10-9(11)12/h7-8H,2-6H2,1H3,(H,10,12)/t7-,8-/m0/s1. The predicted octanol–water partition coefficient (Wildman–Crippen LogP) is -0.0227. The number of hydrogen-bond acceptors (Lipinski definition) is 3. The minimum absolute atomic E-state index is 0.103. The maximum absolute atomic E-state index is 11.5. The molecule has 2 amide bonds. The molecule has 6 heteroatoms. The van der Waals surface area contributed by atoms with Crippen LogP contribution in [0.1, 0.15) is 19.8 Å². The van der Waals surface area contributed by atoms with Crippen LogP contribution < -0.4 is 5.32 Å². The number of carbonyl (C=O) groups excluding carboxylic acids is 1. The van der Waals surface area contributed by atoms with Gasteiger partial charge >= 0.3 is 6.03 Å². The Kier molecular flexibility index (Phi) is 2.62. The molecule has 0 saturated carbocycles. The Hall–Kier alpha value is -0.780. The van der Waals surface area contributed by atoms with Gasteiger partial charge in [0.25, 0.3) is 0 Å². The average Bonchev–Trinajstić information content (AvgIpc) is 2.54. The van der Waals surface area contributed by atoms with Gasteiger partial charge in [0.15, 0.2) is 9.84 Å². The van der Waals surface area contributed by atoms with E-state index in [-0.39, 0.29) is 29.6 Å². The highest BCUT2D eigenvalue weighted by Gasteiger charge is 2.48. The molecule has 0 aromatic rings. The topological polar surface area (TPSA) is 66.5 Å². The van der Waals surface area contributed by atoms with E-state index in [1.54, 1.807) is 4.90 Å². The maximum atomic E-state index is 11.5. The van der Waals surface area contributed by atoms with Crippen molar-refractivity contribution in [3.63, 3.8) is 0 Å². The number of fused-ring (bicyclic) bond motifs is 1. The van der Waals surface area contributed by atoms with Crippen LogP contribution in [-0.2, 0) is 9.84 Å². The molecule has 15 heavy (non-hydrogen) atoms. The third-order valence-electron chi connectivity index (χ3n) is 3.05. The first-order valence-corrected chi connectivity index (χ1v) is 7.13. The molecule has 2 aliphatic rings. The summed E-state index contributed by atoms with van der Waals surface area (Å²) in [6.07, 6.45) is 1.94. The van der Waals surface area contributed by atoms with Gasteiger partial charge in [-0.05, 0) is 6.42 Å². The van der Waals surface area contributed by atoms with E-state index in [4.69, 9.17) is 0 Å². The number of carbonyl (C=O) groups is 1. The highest BCUT2D eigenvalue weighted by atomic mass is 32.2. The van der Waals surface area contributed by atoms with E-state index in [0.29, 0.717) is 6.54 Å². The van der Waals surface area contributed by atoms with Gasteiger partial charge in [-0.3, -0.25) is 0 Å². The Morgan fingerprint density at radius 3 is 2.87 bits per heavy atom. The third-order valence-corrected chi connectivity index (χ3v) is 4.76. The summed E-state index contributed by atoms with van der Waals surface area (Å²) >= 11 is 0. The molecule has 0 unspecified atom stereocenters. The summed E-state index contributed by atoms with van der Waals surface area (Å²) in [5, 5.41) is 2.74. The molecule has 0 aromatic carbocycles. The number of sulfone groups is 1. The molecule has 1 N–H and O–H groups in total. The fourth-order valence-electron chi connectivity index (χ4n) is 2.26. The van der Waals surface area contributed by atoms with E-state index >= 15 is 0 Å². The van der Waals surface area contributed by atoms with Gasteiger partial charge in [0, 0.05) is 6.54 Å². The van der Waals surface area contributed by atoms with Crippen molar-refractivity contribution in [3.05, 3.63) is 0 Å². The largest absolute Gasteiger partial charge is 0.332 e. The molecule has 2 aliphatic heterocycles. The van der Waals surface area contributed by atoms with Gasteiger partial charge in [0.1, 0.15) is 0 Å². The smallest absolute Gasteiger partial charge is 0.318 e. The molecule has 0 bridgehead atoms. The van der Waals surface area contributed by atoms with E-state index in [1.165, 1.54) is 0 Å². The molecule has 2 heterocycles. The molecular weight excluding hydrogens is 216 g/mol. The molecular formula is C9H16N2O3S. The van der Waals surface area contributed by atoms with Crippen molar-refractivity contribution >= 4 is 15.9 Å². The monoisotopic (exact) mass is 232 g/mol. The van der Waals surface area contributed by atoms with Crippen LogP contribution in [0.3, 0.4) is 0 Å². The summed E-state index contributed by atoms with van der Waals surface area (Å²) in [7, 11) is -2.94. The van der Waals surface area contributed by atoms with Crippen molar-refractivity contribution in [2.24, 2.45) is 0 Å². The molecule has 2 fully saturated rings. The van der Waals surface area contributed by atoms with Crippen LogP contribution in [0.2, 0.25) is 0 Å². The number of urea groups is 1. The fraction of sp³-hybridized carbons (Fsp3) is 0.889. The van der Waals surface area contributed by atoms with Crippen LogP contribution in [0.25, 0.3) is 0 Å². The van der Waals surface area contributed by atoms with Gasteiger partial charge in [-0.1, -0.05) is 13.3 Å². The second-order valence-corrected chi connectivity index (χ2v) is 6.40. The lowest BCUT2D eigenvalue weighted by Gasteiger charge is -2.20. The molecule has 2 rings (SSSR count). The summed E-state index contributed by atoms with van der Waals surface area (Å²) in [5.41, 5.74) is 0. The summed E-state index contributed by atoms with van der Waals surface area (Å²) in [5.74, 6) is 0.228. The van der Waals surface area contributed by atoms with Crippen molar-refractivity contribution in [1.29, 1.82) is 0 Å². The molecule has 0 radical (unpaired) electrons. The molecule has 0 aromatic heterocycles. The second kappa shape index (κ2) is 3.66. The first kappa shape index (κ1) is 10.7. The number of unbranched alkanes of at least 4 members (excludes halogenated alkanes) is 1. The van der Waals surface area contributed by atoms with E-state index in [0.717, 1.165) is 12.8 Å². The zero-order chi connectivity index (χ0) is 11.1. The minimum atomic E-state index is -2.94. The normalized spacial score (nSPS) is 32.9. The van der Waals surface area contributed by atoms with Crippen molar-refractivity contribution in [2.45, 2.75) is 31.8 Å². The second-order valence-electron chi connectivity index (χ2n) is 4.25. The number of hydrogen-bond donors (Lipinski definition) is 1. The summed E-state index contributed by atoms with van der Waals surface area (Å²) in [6.45, 7) is 2.72. The molecule has 2 atom stereocenters. The van der Waals surface area contributed by atoms with Crippen molar-refractivity contribution in [3.8, 4) is 0 Å². The van der Waals surface area contributed by atoms with Crippen LogP contribution >= 0.6 is 0 Å². The molecule has 0 spiro atoms. The van der Waals surface area contributed by atoms with Crippen LogP contribution in [0.5, 0.6) is 0 Å². The Labute approximate surface area is 89.7 Å². The number of nitrogens with one attached hydrogen (secondary N) is 1. The van der Waals surface area contributed by atoms with Gasteiger partial charge in [-0.15, -0.1) is 0 Å². The number of rotatable bonds is 3. The first-order valence-electron chi connectivity index (χ1n) is 5.31. The summed E-state index contributed by atoms with van der Waals surface area (Å²) in [4.78, 5) is 13.2. The van der Waals surface area contributed by atoms with E-state index in [1.807, 2.05) is 0 Å². The van der Waals surface area contributed by atoms with E-state index in [2.05, 4.69) is 12.2 Å². The number of amides is 2. The van der Waals surface area contributed by atoms with Gasteiger partial charge in [-0.25, -0.2) is 13.2 Å². The minimum Gasteiger partial charge on any atom is -0.332 e. The van der Waals surface area contributed by atoms with E-state index < -0.39 is 9.84 Å². The van der Waals surface area contributed by atoms with Crippen molar-refractivity contribution < 1.29 is 13.2 Å². The SMILES string of the molecule is CCCCN1C(=O)N[C@H]2CS(=O)(=O)C[C@@H]21. The Balaban J connectivity index is 2.09. The Bertz CT molecular complexity index is 366. The van der Waals surface area contributed by atoms with Crippen LogP contribution in [0.4, 0.5) is 4.79 Å². The van der Waals surface area contributed by atoms with Gasteiger partial charge < -0.3 is 10.2 Å². The zero-order valence-electron chi connectivity index (χ0n) is 8.77. The fourth-order valence-corrected chi connectivity index (χ4v) is 4.18. The molecule has 86 valence electrons.